The summed E-state index contributed by atoms with van der Waals surface area (Å²) in [6.07, 6.45) is 1.63. The normalized spacial score (nSPS) is 33.4. The Balaban J connectivity index is 2.28. The van der Waals surface area contributed by atoms with E-state index in [1.807, 2.05) is 6.92 Å². The maximum absolute atomic E-state index is 12.8. The van der Waals surface area contributed by atoms with Gasteiger partial charge < -0.3 is 10.6 Å². The molecule has 0 bridgehead atoms. The van der Waals surface area contributed by atoms with Gasteiger partial charge in [0.15, 0.2) is 0 Å². The van der Waals surface area contributed by atoms with E-state index in [2.05, 4.69) is 5.32 Å². The van der Waals surface area contributed by atoms with Crippen LogP contribution in [0.2, 0.25) is 0 Å². The molecule has 1 aliphatic heterocycles. The van der Waals surface area contributed by atoms with Crippen LogP contribution in [0.1, 0.15) is 33.1 Å². The number of nitrogens with zero attached hydrogens (tertiary/aromatic N) is 1. The summed E-state index contributed by atoms with van der Waals surface area (Å²) in [6.45, 7) is 3.72. The summed E-state index contributed by atoms with van der Waals surface area (Å²) >= 11 is 5.06. The van der Waals surface area contributed by atoms with Gasteiger partial charge in [-0.05, 0) is 25.2 Å². The van der Waals surface area contributed by atoms with Gasteiger partial charge in [-0.25, -0.2) is 0 Å². The fraction of sp³-hybridized carbons (Fsp3) is 0.692. The van der Waals surface area contributed by atoms with Crippen molar-refractivity contribution in [2.75, 3.05) is 6.54 Å². The van der Waals surface area contributed by atoms with Crippen molar-refractivity contribution < 1.29 is 14.4 Å². The lowest BCUT2D eigenvalue weighted by Gasteiger charge is -2.48. The van der Waals surface area contributed by atoms with Crippen LogP contribution in [0.25, 0.3) is 0 Å². The number of carbonyl (C=O) groups excluding carboxylic acids is 3. The van der Waals surface area contributed by atoms with Crippen LogP contribution in [-0.2, 0) is 14.4 Å². The van der Waals surface area contributed by atoms with Crippen LogP contribution in [0.3, 0.4) is 0 Å². The summed E-state index contributed by atoms with van der Waals surface area (Å²) in [5.74, 6) is -0.797. The topological polar surface area (TPSA) is 92.5 Å². The van der Waals surface area contributed by atoms with Gasteiger partial charge in [-0.1, -0.05) is 26.1 Å². The molecule has 1 atom stereocenters. The number of thiocarbonyl (C=S) groups is 1. The third-order valence-electron chi connectivity index (χ3n) is 4.18. The number of nitrogens with two attached hydrogens (primary N) is 1. The van der Waals surface area contributed by atoms with E-state index >= 15 is 0 Å². The van der Waals surface area contributed by atoms with Crippen LogP contribution in [0.4, 0.5) is 0 Å². The van der Waals surface area contributed by atoms with Gasteiger partial charge in [0.25, 0.3) is 0 Å². The van der Waals surface area contributed by atoms with Crippen molar-refractivity contribution in [1.29, 1.82) is 0 Å². The number of carbonyl (C=O) groups is 3. The first-order valence-electron chi connectivity index (χ1n) is 6.76. The zero-order valence-electron chi connectivity index (χ0n) is 11.6. The highest BCUT2D eigenvalue weighted by molar-refractivity contribution is 7.80. The van der Waals surface area contributed by atoms with E-state index in [1.54, 1.807) is 6.92 Å². The molecular formula is C13H19N3O3S. The van der Waals surface area contributed by atoms with Gasteiger partial charge in [-0.15, -0.1) is 0 Å². The highest BCUT2D eigenvalue weighted by atomic mass is 32.1. The molecule has 1 saturated heterocycles. The minimum atomic E-state index is -0.875. The highest BCUT2D eigenvalue weighted by Gasteiger charge is 2.54. The van der Waals surface area contributed by atoms with Crippen LogP contribution < -0.4 is 11.1 Å². The summed E-state index contributed by atoms with van der Waals surface area (Å²) in [7, 11) is 0. The Morgan fingerprint density at radius 2 is 2.10 bits per heavy atom. The maximum atomic E-state index is 12.8. The summed E-state index contributed by atoms with van der Waals surface area (Å²) in [6, 6.07) is -0.623. The summed E-state index contributed by atoms with van der Waals surface area (Å²) in [5, 5.41) is 2.25. The zero-order chi connectivity index (χ0) is 15.1. The Morgan fingerprint density at radius 1 is 1.50 bits per heavy atom. The molecule has 6 nitrogen and oxygen atoms in total. The van der Waals surface area contributed by atoms with Gasteiger partial charge in [-0.3, -0.25) is 19.7 Å². The molecule has 1 unspecified atom stereocenters. The summed E-state index contributed by atoms with van der Waals surface area (Å²) < 4.78 is 0. The molecule has 0 aromatic carbocycles. The standard InChI is InChI=1S/C13H19N3O3S/c1-3-8-10(18)15-9(17)6-16(8)12(19)13(11(14)20)4-7(2)5-13/h7-8H,3-6H2,1-2H3,(H2,14,20)(H,15,17,18). The molecule has 0 aromatic rings. The Labute approximate surface area is 123 Å². The van der Waals surface area contributed by atoms with E-state index in [9.17, 15) is 14.4 Å². The molecule has 1 saturated carbocycles. The zero-order valence-corrected chi connectivity index (χ0v) is 12.5. The molecule has 2 rings (SSSR count). The second kappa shape index (κ2) is 5.12. The summed E-state index contributed by atoms with van der Waals surface area (Å²) in [5.41, 5.74) is 4.88. The predicted octanol–water partition coefficient (Wildman–Crippen LogP) is -0.0476. The lowest BCUT2D eigenvalue weighted by Crippen LogP contribution is -2.65. The second-order valence-electron chi connectivity index (χ2n) is 5.73. The Bertz CT molecular complexity index is 485. The molecule has 7 heteroatoms. The van der Waals surface area contributed by atoms with Gasteiger partial charge in [0.05, 0.1) is 10.4 Å². The van der Waals surface area contributed by atoms with E-state index in [4.69, 9.17) is 18.0 Å². The average molecular weight is 297 g/mol. The van der Waals surface area contributed by atoms with Crippen LogP contribution in [0.15, 0.2) is 0 Å². The van der Waals surface area contributed by atoms with Crippen LogP contribution in [0, 0.1) is 11.3 Å². The van der Waals surface area contributed by atoms with Crippen LogP contribution in [0.5, 0.6) is 0 Å². The van der Waals surface area contributed by atoms with Crippen molar-refractivity contribution in [2.24, 2.45) is 17.1 Å². The monoisotopic (exact) mass is 297 g/mol. The molecule has 2 aliphatic rings. The van der Waals surface area contributed by atoms with Crippen LogP contribution in [-0.4, -0.2) is 40.2 Å². The summed E-state index contributed by atoms with van der Waals surface area (Å²) in [4.78, 5) is 37.6. The molecule has 1 aliphatic carbocycles. The minimum Gasteiger partial charge on any atom is -0.392 e. The Kier molecular flexibility index (Phi) is 3.82. The largest absolute Gasteiger partial charge is 0.392 e. The number of amides is 3. The SMILES string of the molecule is CCC1C(=O)NC(=O)CN1C(=O)C1(C(N)=S)CC(C)C1. The fourth-order valence-corrected chi connectivity index (χ4v) is 3.43. The molecule has 20 heavy (non-hydrogen) atoms. The third kappa shape index (κ3) is 2.19. The number of piperazine rings is 1. The molecule has 1 heterocycles. The van der Waals surface area contributed by atoms with E-state index in [-0.39, 0.29) is 17.4 Å². The number of hydrogen-bond donors (Lipinski definition) is 2. The predicted molar refractivity (Wildman–Crippen MR) is 76.6 cm³/mol. The molecule has 0 aromatic heterocycles. The maximum Gasteiger partial charge on any atom is 0.249 e. The smallest absolute Gasteiger partial charge is 0.249 e. The lowest BCUT2D eigenvalue weighted by molar-refractivity contribution is -0.157. The van der Waals surface area contributed by atoms with Gasteiger partial charge in [0.1, 0.15) is 12.6 Å². The van der Waals surface area contributed by atoms with Crippen molar-refractivity contribution in [3.8, 4) is 0 Å². The number of hydrogen-bond acceptors (Lipinski definition) is 4. The highest BCUT2D eigenvalue weighted by Crippen LogP contribution is 2.47. The first kappa shape index (κ1) is 14.9. The van der Waals surface area contributed by atoms with Gasteiger partial charge in [-0.2, -0.15) is 0 Å². The van der Waals surface area contributed by atoms with Crippen molar-refractivity contribution in [2.45, 2.75) is 39.2 Å². The molecule has 0 radical (unpaired) electrons. The van der Waals surface area contributed by atoms with E-state index < -0.39 is 23.3 Å². The molecule has 0 spiro atoms. The van der Waals surface area contributed by atoms with Crippen LogP contribution >= 0.6 is 12.2 Å². The Hall–Kier alpha value is -1.50. The van der Waals surface area contributed by atoms with Crippen molar-refractivity contribution in [3.63, 3.8) is 0 Å². The van der Waals surface area contributed by atoms with Gasteiger partial charge in [0, 0.05) is 0 Å². The minimum absolute atomic E-state index is 0.109. The number of nitrogens with one attached hydrogen (secondary N) is 1. The quantitative estimate of drug-likeness (QED) is 0.563. The molecule has 110 valence electrons. The second-order valence-corrected chi connectivity index (χ2v) is 6.17. The molecule has 3 N–H and O–H groups in total. The van der Waals surface area contributed by atoms with E-state index in [0.29, 0.717) is 25.2 Å². The first-order chi connectivity index (χ1) is 9.31. The van der Waals surface area contributed by atoms with E-state index in [0.717, 1.165) is 0 Å². The number of rotatable bonds is 3. The third-order valence-corrected chi connectivity index (χ3v) is 4.57. The molecule has 3 amide bonds. The Morgan fingerprint density at radius 3 is 2.55 bits per heavy atom. The molecular weight excluding hydrogens is 278 g/mol. The van der Waals surface area contributed by atoms with Crippen molar-refractivity contribution in [3.05, 3.63) is 0 Å². The van der Waals surface area contributed by atoms with E-state index in [1.165, 1.54) is 4.90 Å². The lowest BCUT2D eigenvalue weighted by atomic mass is 9.61. The van der Waals surface area contributed by atoms with Gasteiger partial charge >= 0.3 is 0 Å². The average Bonchev–Trinajstić information content (AvgIpc) is 2.32. The fourth-order valence-electron chi connectivity index (χ4n) is 3.17. The molecule has 2 fully saturated rings. The van der Waals surface area contributed by atoms with Crippen molar-refractivity contribution >= 4 is 34.9 Å². The number of imide groups is 1. The first-order valence-corrected chi connectivity index (χ1v) is 7.17. The van der Waals surface area contributed by atoms with Gasteiger partial charge in [0.2, 0.25) is 17.7 Å². The van der Waals surface area contributed by atoms with Crippen molar-refractivity contribution in [1.82, 2.24) is 10.2 Å².